The van der Waals surface area contributed by atoms with E-state index in [2.05, 4.69) is 37.9 Å². The quantitative estimate of drug-likeness (QED) is 0.724. The smallest absolute Gasteiger partial charge is 0.335 e. The number of nitrogens with one attached hydrogen (secondary N) is 1. The molecule has 0 saturated carbocycles. The lowest BCUT2D eigenvalue weighted by Crippen LogP contribution is -2.41. The molecule has 0 amide bonds. The number of aromatic carboxylic acids is 1. The number of halogens is 1. The van der Waals surface area contributed by atoms with Gasteiger partial charge in [0.25, 0.3) is 0 Å². The van der Waals surface area contributed by atoms with Gasteiger partial charge in [-0.3, -0.25) is 4.90 Å². The van der Waals surface area contributed by atoms with Crippen LogP contribution in [0.15, 0.2) is 18.2 Å². The number of carbonyl (C=O) groups is 1. The van der Waals surface area contributed by atoms with Crippen molar-refractivity contribution in [2.75, 3.05) is 13.1 Å². The maximum Gasteiger partial charge on any atom is 0.335 e. The zero-order chi connectivity index (χ0) is 16.0. The lowest BCUT2D eigenvalue weighted by Gasteiger charge is -2.30. The van der Waals surface area contributed by atoms with Gasteiger partial charge in [0.05, 0.1) is 5.56 Å². The van der Waals surface area contributed by atoms with Crippen LogP contribution < -0.4 is 5.32 Å². The second kappa shape index (κ2) is 8.10. The first kappa shape index (κ1) is 17.6. The van der Waals surface area contributed by atoms with Gasteiger partial charge in [-0.1, -0.05) is 0 Å². The fraction of sp³-hybridized carbons (Fsp3) is 0.562. The van der Waals surface area contributed by atoms with Crippen LogP contribution in [0.25, 0.3) is 0 Å². The van der Waals surface area contributed by atoms with Gasteiger partial charge in [0, 0.05) is 37.3 Å². The van der Waals surface area contributed by atoms with E-state index in [0.717, 1.165) is 13.1 Å². The number of carboxylic acid groups (broad SMARTS) is 1. The number of hydrogen-bond donors (Lipinski definition) is 2. The maximum atomic E-state index is 13.6. The molecule has 0 aliphatic carbocycles. The molecule has 0 saturated heterocycles. The molecule has 21 heavy (non-hydrogen) atoms. The summed E-state index contributed by atoms with van der Waals surface area (Å²) in [7, 11) is 0. The Morgan fingerprint density at radius 2 is 1.90 bits per heavy atom. The molecule has 0 bridgehead atoms. The SMILES string of the molecule is CC(C)N(CCNCc1cc(C(=O)O)ccc1F)C(C)C. The largest absolute Gasteiger partial charge is 0.478 e. The van der Waals surface area contributed by atoms with Gasteiger partial charge in [-0.15, -0.1) is 0 Å². The lowest BCUT2D eigenvalue weighted by molar-refractivity contribution is 0.0696. The first-order valence-corrected chi connectivity index (χ1v) is 7.31. The standard InChI is InChI=1S/C16H25FN2O2/c1-11(2)19(12(3)4)8-7-18-10-14-9-13(16(20)21)5-6-15(14)17/h5-6,9,11-12,18H,7-8,10H2,1-4H3,(H,20,21). The number of rotatable bonds is 8. The summed E-state index contributed by atoms with van der Waals surface area (Å²) in [5, 5.41) is 12.1. The van der Waals surface area contributed by atoms with E-state index in [9.17, 15) is 9.18 Å². The van der Waals surface area contributed by atoms with Crippen molar-refractivity contribution in [2.24, 2.45) is 0 Å². The minimum atomic E-state index is -1.04. The molecular formula is C16H25FN2O2. The van der Waals surface area contributed by atoms with Crippen molar-refractivity contribution in [1.82, 2.24) is 10.2 Å². The summed E-state index contributed by atoms with van der Waals surface area (Å²) in [5.41, 5.74) is 0.495. The Morgan fingerprint density at radius 1 is 1.29 bits per heavy atom. The monoisotopic (exact) mass is 296 g/mol. The van der Waals surface area contributed by atoms with Crippen LogP contribution in [0.1, 0.15) is 43.6 Å². The normalized spacial score (nSPS) is 11.6. The fourth-order valence-electron chi connectivity index (χ4n) is 2.39. The molecule has 0 aliphatic heterocycles. The van der Waals surface area contributed by atoms with Crippen LogP contribution in [-0.2, 0) is 6.54 Å². The van der Waals surface area contributed by atoms with Gasteiger partial charge in [-0.25, -0.2) is 9.18 Å². The molecule has 0 aromatic heterocycles. The van der Waals surface area contributed by atoms with Gasteiger partial charge in [0.15, 0.2) is 0 Å². The van der Waals surface area contributed by atoms with E-state index in [-0.39, 0.29) is 11.4 Å². The summed E-state index contributed by atoms with van der Waals surface area (Å²) >= 11 is 0. The van der Waals surface area contributed by atoms with Crippen LogP contribution in [0, 0.1) is 5.82 Å². The van der Waals surface area contributed by atoms with E-state index in [1.165, 1.54) is 18.2 Å². The predicted molar refractivity (Wildman–Crippen MR) is 82.0 cm³/mol. The molecule has 118 valence electrons. The van der Waals surface area contributed by atoms with E-state index in [0.29, 0.717) is 24.2 Å². The van der Waals surface area contributed by atoms with Crippen LogP contribution in [-0.4, -0.2) is 41.1 Å². The second-order valence-corrected chi connectivity index (χ2v) is 5.71. The van der Waals surface area contributed by atoms with Gasteiger partial charge < -0.3 is 10.4 Å². The third-order valence-corrected chi connectivity index (χ3v) is 3.48. The number of nitrogens with zero attached hydrogens (tertiary/aromatic N) is 1. The van der Waals surface area contributed by atoms with Gasteiger partial charge >= 0.3 is 5.97 Å². The van der Waals surface area contributed by atoms with Gasteiger partial charge in [0.1, 0.15) is 5.82 Å². The minimum Gasteiger partial charge on any atom is -0.478 e. The highest BCUT2D eigenvalue weighted by Gasteiger charge is 2.13. The summed E-state index contributed by atoms with van der Waals surface area (Å²) < 4.78 is 13.6. The Bertz CT molecular complexity index is 467. The molecule has 0 unspecified atom stereocenters. The molecule has 0 fully saturated rings. The second-order valence-electron chi connectivity index (χ2n) is 5.71. The predicted octanol–water partition coefficient (Wildman–Crippen LogP) is 2.73. The summed E-state index contributed by atoms with van der Waals surface area (Å²) in [5.74, 6) is -1.42. The third-order valence-electron chi connectivity index (χ3n) is 3.48. The lowest BCUT2D eigenvalue weighted by atomic mass is 10.1. The molecule has 0 spiro atoms. The van der Waals surface area contributed by atoms with Crippen molar-refractivity contribution in [3.8, 4) is 0 Å². The Morgan fingerprint density at radius 3 is 2.43 bits per heavy atom. The van der Waals surface area contributed by atoms with E-state index in [4.69, 9.17) is 5.11 Å². The molecule has 0 radical (unpaired) electrons. The molecule has 1 aromatic carbocycles. The Kier molecular flexibility index (Phi) is 6.78. The third kappa shape index (κ3) is 5.44. The molecule has 1 rings (SSSR count). The van der Waals surface area contributed by atoms with E-state index in [1.807, 2.05) is 0 Å². The maximum absolute atomic E-state index is 13.6. The highest BCUT2D eigenvalue weighted by molar-refractivity contribution is 5.87. The molecular weight excluding hydrogens is 271 g/mol. The molecule has 1 aromatic rings. The van der Waals surface area contributed by atoms with Crippen LogP contribution in [0.4, 0.5) is 4.39 Å². The highest BCUT2D eigenvalue weighted by atomic mass is 19.1. The van der Waals surface area contributed by atoms with Gasteiger partial charge in [-0.2, -0.15) is 0 Å². The van der Waals surface area contributed by atoms with Gasteiger partial charge in [0.2, 0.25) is 0 Å². The highest BCUT2D eigenvalue weighted by Crippen LogP contribution is 2.11. The minimum absolute atomic E-state index is 0.110. The topological polar surface area (TPSA) is 52.6 Å². The first-order valence-electron chi connectivity index (χ1n) is 7.31. The Balaban J connectivity index is 2.52. The summed E-state index contributed by atoms with van der Waals surface area (Å²) in [6, 6.07) is 4.78. The number of carboxylic acids is 1. The van der Waals surface area contributed by atoms with Crippen molar-refractivity contribution in [1.29, 1.82) is 0 Å². The van der Waals surface area contributed by atoms with Crippen molar-refractivity contribution < 1.29 is 14.3 Å². The number of benzene rings is 1. The average molecular weight is 296 g/mol. The van der Waals surface area contributed by atoms with Gasteiger partial charge in [-0.05, 0) is 45.9 Å². The molecule has 4 nitrogen and oxygen atoms in total. The summed E-state index contributed by atoms with van der Waals surface area (Å²) in [6.07, 6.45) is 0. The van der Waals surface area contributed by atoms with E-state index >= 15 is 0 Å². The zero-order valence-corrected chi connectivity index (χ0v) is 13.2. The zero-order valence-electron chi connectivity index (χ0n) is 13.2. The van der Waals surface area contributed by atoms with E-state index < -0.39 is 5.97 Å². The fourth-order valence-corrected chi connectivity index (χ4v) is 2.39. The van der Waals surface area contributed by atoms with E-state index in [1.54, 1.807) is 0 Å². The van der Waals surface area contributed by atoms with Crippen LogP contribution in [0.5, 0.6) is 0 Å². The van der Waals surface area contributed by atoms with Crippen molar-refractivity contribution >= 4 is 5.97 Å². The molecule has 0 aliphatic rings. The van der Waals surface area contributed by atoms with Crippen molar-refractivity contribution in [2.45, 2.75) is 46.3 Å². The molecule has 0 atom stereocenters. The van der Waals surface area contributed by atoms with Crippen LogP contribution in [0.2, 0.25) is 0 Å². The van der Waals surface area contributed by atoms with Crippen LogP contribution in [0.3, 0.4) is 0 Å². The van der Waals surface area contributed by atoms with Crippen LogP contribution >= 0.6 is 0 Å². The van der Waals surface area contributed by atoms with Crippen molar-refractivity contribution in [3.63, 3.8) is 0 Å². The first-order chi connectivity index (χ1) is 9.82. The summed E-state index contributed by atoms with van der Waals surface area (Å²) in [4.78, 5) is 13.2. The van der Waals surface area contributed by atoms with Crippen molar-refractivity contribution in [3.05, 3.63) is 35.1 Å². The molecule has 0 heterocycles. The molecule has 5 heteroatoms. The molecule has 2 N–H and O–H groups in total. The average Bonchev–Trinajstić information content (AvgIpc) is 2.39. The summed E-state index contributed by atoms with van der Waals surface area (Å²) in [6.45, 7) is 10.5. The Labute approximate surface area is 126 Å². The number of hydrogen-bond acceptors (Lipinski definition) is 3. The Hall–Kier alpha value is -1.46.